The molecule has 8 heteroatoms. The average molecular weight is 340 g/mol. The van der Waals surface area contributed by atoms with Gasteiger partial charge in [0.2, 0.25) is 10.0 Å². The number of nitrogens with one attached hydrogen (secondary N) is 2. The third kappa shape index (κ3) is 4.70. The first-order valence-electron chi connectivity index (χ1n) is 7.07. The van der Waals surface area contributed by atoms with E-state index in [0.29, 0.717) is 5.76 Å². The topological polar surface area (TPSA) is 102 Å². The molecule has 0 saturated carbocycles. The van der Waals surface area contributed by atoms with Gasteiger partial charge in [-0.05, 0) is 39.0 Å². The lowest BCUT2D eigenvalue weighted by Crippen LogP contribution is -2.26. The Kier molecular flexibility index (Phi) is 4.96. The van der Waals surface area contributed by atoms with Gasteiger partial charge in [-0.3, -0.25) is 4.79 Å². The third-order valence-corrected chi connectivity index (χ3v) is 3.96. The van der Waals surface area contributed by atoms with Gasteiger partial charge in [-0.25, -0.2) is 13.1 Å². The van der Waals surface area contributed by atoms with Gasteiger partial charge in [0.15, 0.2) is 5.76 Å². The molecule has 2 heterocycles. The molecule has 0 aliphatic carbocycles. The molecule has 1 amide bonds. The summed E-state index contributed by atoms with van der Waals surface area (Å²) >= 11 is 0. The number of carbonyl (C=O) groups is 1. The van der Waals surface area contributed by atoms with E-state index >= 15 is 0 Å². The zero-order valence-corrected chi connectivity index (χ0v) is 14.3. The molecule has 0 saturated heterocycles. The molecule has 2 N–H and O–H groups in total. The normalized spacial score (nSPS) is 13.0. The van der Waals surface area contributed by atoms with Gasteiger partial charge in [0, 0.05) is 5.56 Å². The second kappa shape index (κ2) is 6.59. The second-order valence-corrected chi connectivity index (χ2v) is 7.26. The molecule has 0 aliphatic rings. The molecule has 0 aromatic carbocycles. The zero-order chi connectivity index (χ0) is 17.2. The highest BCUT2D eigenvalue weighted by atomic mass is 32.2. The number of carbonyl (C=O) groups excluding carboxylic acids is 1. The summed E-state index contributed by atoms with van der Waals surface area (Å²) in [5.74, 6) is 1.66. The maximum absolute atomic E-state index is 12.2. The molecule has 7 nitrogen and oxygen atoms in total. The molecule has 23 heavy (non-hydrogen) atoms. The Morgan fingerprint density at radius 3 is 2.52 bits per heavy atom. The minimum Gasteiger partial charge on any atom is -0.466 e. The third-order valence-electron chi connectivity index (χ3n) is 3.29. The molecule has 0 spiro atoms. The van der Waals surface area contributed by atoms with Crippen LogP contribution in [0.4, 0.5) is 0 Å². The van der Waals surface area contributed by atoms with Gasteiger partial charge in [-0.2, -0.15) is 0 Å². The van der Waals surface area contributed by atoms with Crippen LogP contribution in [0.5, 0.6) is 0 Å². The fourth-order valence-corrected chi connectivity index (χ4v) is 2.63. The number of amides is 1. The predicted molar refractivity (Wildman–Crippen MR) is 84.5 cm³/mol. The van der Waals surface area contributed by atoms with E-state index in [9.17, 15) is 13.2 Å². The molecule has 1 atom stereocenters. The molecule has 1 unspecified atom stereocenters. The highest BCUT2D eigenvalue weighted by molar-refractivity contribution is 7.88. The van der Waals surface area contributed by atoms with E-state index in [1.807, 2.05) is 26.8 Å². The summed E-state index contributed by atoms with van der Waals surface area (Å²) in [5.41, 5.74) is 0.904. The first kappa shape index (κ1) is 17.3. The van der Waals surface area contributed by atoms with E-state index < -0.39 is 10.0 Å². The van der Waals surface area contributed by atoms with Crippen molar-refractivity contribution in [2.75, 3.05) is 6.26 Å². The van der Waals surface area contributed by atoms with Crippen LogP contribution < -0.4 is 10.0 Å². The van der Waals surface area contributed by atoms with Crippen molar-refractivity contribution >= 4 is 15.9 Å². The summed E-state index contributed by atoms with van der Waals surface area (Å²) in [5, 5.41) is 2.82. The maximum Gasteiger partial charge on any atom is 0.287 e. The van der Waals surface area contributed by atoms with Gasteiger partial charge in [0.25, 0.3) is 5.91 Å². The smallest absolute Gasteiger partial charge is 0.287 e. The molecule has 2 rings (SSSR count). The van der Waals surface area contributed by atoms with Crippen molar-refractivity contribution in [2.45, 2.75) is 33.4 Å². The summed E-state index contributed by atoms with van der Waals surface area (Å²) in [7, 11) is -3.31. The Morgan fingerprint density at radius 1 is 1.26 bits per heavy atom. The van der Waals surface area contributed by atoms with E-state index in [0.717, 1.165) is 23.3 Å². The minimum atomic E-state index is -3.31. The standard InChI is InChI=1S/C15H20N2O5S/c1-9-7-13(11(3)21-9)10(2)17-15(18)14-6-5-12(22-14)8-16-23(4,19)20/h5-7,10,16H,8H2,1-4H3,(H,17,18). The van der Waals surface area contributed by atoms with Crippen LogP contribution in [-0.4, -0.2) is 20.6 Å². The highest BCUT2D eigenvalue weighted by Crippen LogP contribution is 2.21. The first-order valence-corrected chi connectivity index (χ1v) is 8.96. The molecular formula is C15H20N2O5S. The zero-order valence-electron chi connectivity index (χ0n) is 13.5. The summed E-state index contributed by atoms with van der Waals surface area (Å²) in [6, 6.07) is 4.71. The van der Waals surface area contributed by atoms with Crippen molar-refractivity contribution in [3.05, 3.63) is 46.8 Å². The molecule has 2 aromatic heterocycles. The van der Waals surface area contributed by atoms with Crippen LogP contribution >= 0.6 is 0 Å². The SMILES string of the molecule is Cc1cc(C(C)NC(=O)c2ccc(CNS(C)(=O)=O)o2)c(C)o1. The van der Waals surface area contributed by atoms with Crippen molar-refractivity contribution in [3.8, 4) is 0 Å². The molecule has 0 radical (unpaired) electrons. The van der Waals surface area contributed by atoms with Crippen LogP contribution in [0.25, 0.3) is 0 Å². The van der Waals surface area contributed by atoms with Gasteiger partial charge in [-0.15, -0.1) is 0 Å². The number of sulfonamides is 1. The van der Waals surface area contributed by atoms with Gasteiger partial charge in [-0.1, -0.05) is 0 Å². The molecule has 0 fully saturated rings. The quantitative estimate of drug-likeness (QED) is 0.838. The second-order valence-electron chi connectivity index (χ2n) is 5.42. The number of hydrogen-bond donors (Lipinski definition) is 2. The molecule has 2 aromatic rings. The lowest BCUT2D eigenvalue weighted by molar-refractivity contribution is 0.0910. The molecule has 0 bridgehead atoms. The highest BCUT2D eigenvalue weighted by Gasteiger charge is 2.18. The Bertz CT molecular complexity index is 804. The maximum atomic E-state index is 12.2. The lowest BCUT2D eigenvalue weighted by atomic mass is 10.1. The minimum absolute atomic E-state index is 0.00169. The van der Waals surface area contributed by atoms with E-state index in [4.69, 9.17) is 8.83 Å². The summed E-state index contributed by atoms with van der Waals surface area (Å²) in [4.78, 5) is 12.2. The van der Waals surface area contributed by atoms with Crippen LogP contribution in [0, 0.1) is 13.8 Å². The monoisotopic (exact) mass is 340 g/mol. The summed E-state index contributed by atoms with van der Waals surface area (Å²) < 4.78 is 35.2. The van der Waals surface area contributed by atoms with E-state index in [1.54, 1.807) is 6.07 Å². The Balaban J connectivity index is 2.01. The number of rotatable bonds is 6. The van der Waals surface area contributed by atoms with Crippen LogP contribution in [-0.2, 0) is 16.6 Å². The van der Waals surface area contributed by atoms with E-state index in [-0.39, 0.29) is 24.3 Å². The first-order chi connectivity index (χ1) is 10.7. The predicted octanol–water partition coefficient (Wildman–Crippen LogP) is 2.03. The Morgan fingerprint density at radius 2 is 1.96 bits per heavy atom. The largest absolute Gasteiger partial charge is 0.466 e. The van der Waals surface area contributed by atoms with Crippen molar-refractivity contribution in [1.82, 2.24) is 10.0 Å². The Labute approximate surface area is 135 Å². The van der Waals surface area contributed by atoms with Crippen molar-refractivity contribution in [1.29, 1.82) is 0 Å². The Hall–Kier alpha value is -2.06. The van der Waals surface area contributed by atoms with Gasteiger partial charge >= 0.3 is 0 Å². The number of aryl methyl sites for hydroxylation is 2. The fraction of sp³-hybridized carbons (Fsp3) is 0.400. The van der Waals surface area contributed by atoms with Crippen molar-refractivity contribution in [2.24, 2.45) is 0 Å². The number of hydrogen-bond acceptors (Lipinski definition) is 5. The summed E-state index contributed by atoms with van der Waals surface area (Å²) in [6.07, 6.45) is 1.06. The van der Waals surface area contributed by atoms with E-state index in [1.165, 1.54) is 6.07 Å². The van der Waals surface area contributed by atoms with Gasteiger partial charge in [0.05, 0.1) is 18.8 Å². The molecular weight excluding hydrogens is 320 g/mol. The van der Waals surface area contributed by atoms with Crippen molar-refractivity contribution in [3.63, 3.8) is 0 Å². The lowest BCUT2D eigenvalue weighted by Gasteiger charge is -2.11. The average Bonchev–Trinajstić information content (AvgIpc) is 3.02. The van der Waals surface area contributed by atoms with Crippen molar-refractivity contribution < 1.29 is 22.0 Å². The van der Waals surface area contributed by atoms with Crippen LogP contribution in [0.1, 0.15) is 46.4 Å². The fourth-order valence-electron chi connectivity index (χ4n) is 2.22. The summed E-state index contributed by atoms with van der Waals surface area (Å²) in [6.45, 7) is 5.54. The van der Waals surface area contributed by atoms with Crippen LogP contribution in [0.15, 0.2) is 27.0 Å². The van der Waals surface area contributed by atoms with Gasteiger partial charge in [0.1, 0.15) is 17.3 Å². The van der Waals surface area contributed by atoms with Crippen LogP contribution in [0.3, 0.4) is 0 Å². The molecule has 0 aliphatic heterocycles. The molecule has 126 valence electrons. The number of furan rings is 2. The van der Waals surface area contributed by atoms with E-state index in [2.05, 4.69) is 10.0 Å². The van der Waals surface area contributed by atoms with Gasteiger partial charge < -0.3 is 14.2 Å². The van der Waals surface area contributed by atoms with Crippen LogP contribution in [0.2, 0.25) is 0 Å².